The van der Waals surface area contributed by atoms with Crippen molar-refractivity contribution in [3.8, 4) is 11.3 Å². The van der Waals surface area contributed by atoms with Gasteiger partial charge < -0.3 is 0 Å². The zero-order valence-electron chi connectivity index (χ0n) is 16.1. The maximum absolute atomic E-state index is 13.0. The number of fused-ring (bicyclic) bond motifs is 2. The highest BCUT2D eigenvalue weighted by atomic mass is 32.2. The van der Waals surface area contributed by atoms with Gasteiger partial charge in [0, 0.05) is 29.3 Å². The summed E-state index contributed by atoms with van der Waals surface area (Å²) in [7, 11) is -3.73. The summed E-state index contributed by atoms with van der Waals surface area (Å²) in [5.74, 6) is 0.604. The summed E-state index contributed by atoms with van der Waals surface area (Å²) >= 11 is 0. The predicted octanol–water partition coefficient (Wildman–Crippen LogP) is 4.66. The van der Waals surface area contributed by atoms with Gasteiger partial charge >= 0.3 is 0 Å². The molecule has 0 bridgehead atoms. The molecule has 3 aromatic carbocycles. The molecule has 0 radical (unpaired) electrons. The third-order valence-electron chi connectivity index (χ3n) is 5.06. The van der Waals surface area contributed by atoms with Crippen LogP contribution in [-0.2, 0) is 10.0 Å². The number of nitrogens with one attached hydrogen (secondary N) is 1. The number of anilines is 1. The third-order valence-corrected chi connectivity index (χ3v) is 6.44. The lowest BCUT2D eigenvalue weighted by Gasteiger charge is -2.10. The van der Waals surface area contributed by atoms with Crippen LogP contribution >= 0.6 is 0 Å². The minimum absolute atomic E-state index is 0.222. The molecule has 30 heavy (non-hydrogen) atoms. The second-order valence-electron chi connectivity index (χ2n) is 7.03. The van der Waals surface area contributed by atoms with E-state index in [9.17, 15) is 8.42 Å². The van der Waals surface area contributed by atoms with Gasteiger partial charge in [0.25, 0.3) is 10.0 Å². The third kappa shape index (κ3) is 3.19. The van der Waals surface area contributed by atoms with Gasteiger partial charge in [-0.3, -0.25) is 9.12 Å². The Bertz CT molecular complexity index is 1510. The minimum atomic E-state index is -3.73. The van der Waals surface area contributed by atoms with Gasteiger partial charge in [-0.15, -0.1) is 0 Å². The first-order chi connectivity index (χ1) is 14.5. The van der Waals surface area contributed by atoms with E-state index >= 15 is 0 Å². The molecule has 0 unspecified atom stereocenters. The van der Waals surface area contributed by atoms with E-state index in [1.54, 1.807) is 30.5 Å². The van der Waals surface area contributed by atoms with Crippen LogP contribution in [0.3, 0.4) is 0 Å². The topological polar surface area (TPSA) is 76.4 Å². The minimum Gasteiger partial charge on any atom is -0.288 e. The maximum atomic E-state index is 13.0. The van der Waals surface area contributed by atoms with Crippen molar-refractivity contribution in [1.29, 1.82) is 0 Å². The summed E-state index contributed by atoms with van der Waals surface area (Å²) in [6.07, 6.45) is 3.60. The van der Waals surface area contributed by atoms with Crippen LogP contribution < -0.4 is 4.72 Å². The monoisotopic (exact) mass is 414 g/mol. The Hall–Kier alpha value is -3.71. The van der Waals surface area contributed by atoms with Gasteiger partial charge in [-0.05, 0) is 48.0 Å². The lowest BCUT2D eigenvalue weighted by Crippen LogP contribution is -2.12. The van der Waals surface area contributed by atoms with Gasteiger partial charge in [-0.1, -0.05) is 42.5 Å². The Morgan fingerprint density at radius 3 is 2.57 bits per heavy atom. The molecule has 5 aromatic rings. The smallest absolute Gasteiger partial charge is 0.261 e. The van der Waals surface area contributed by atoms with E-state index < -0.39 is 10.0 Å². The first-order valence-corrected chi connectivity index (χ1v) is 10.9. The molecule has 5 rings (SSSR count). The van der Waals surface area contributed by atoms with Crippen molar-refractivity contribution in [2.75, 3.05) is 4.72 Å². The molecule has 7 heteroatoms. The van der Waals surface area contributed by atoms with Gasteiger partial charge in [-0.25, -0.2) is 18.4 Å². The van der Waals surface area contributed by atoms with E-state index in [0.717, 1.165) is 27.7 Å². The number of hydrogen-bond acceptors (Lipinski definition) is 4. The molecule has 0 saturated carbocycles. The normalized spacial score (nSPS) is 11.8. The average molecular weight is 414 g/mol. The molecule has 0 saturated heterocycles. The van der Waals surface area contributed by atoms with Gasteiger partial charge in [0.2, 0.25) is 5.78 Å². The summed E-state index contributed by atoms with van der Waals surface area (Å²) in [4.78, 5) is 9.08. The van der Waals surface area contributed by atoms with Crippen molar-refractivity contribution >= 4 is 32.3 Å². The molecule has 0 spiro atoms. The fourth-order valence-corrected chi connectivity index (χ4v) is 4.64. The number of hydrogen-bond donors (Lipinski definition) is 1. The number of nitrogens with zero attached hydrogens (tertiary/aromatic N) is 3. The van der Waals surface area contributed by atoms with Crippen LogP contribution in [0.4, 0.5) is 5.69 Å². The van der Waals surface area contributed by atoms with Crippen molar-refractivity contribution in [3.63, 3.8) is 0 Å². The van der Waals surface area contributed by atoms with Gasteiger partial charge in [0.1, 0.15) is 0 Å². The lowest BCUT2D eigenvalue weighted by molar-refractivity contribution is 0.601. The molecular weight excluding hydrogens is 396 g/mol. The average Bonchev–Trinajstić information content (AvgIpc) is 3.10. The molecule has 2 aromatic heterocycles. The number of aryl methyl sites for hydroxylation is 1. The SMILES string of the molecule is Cc1c(-c2cccc(NS(=O)(=O)c3ccc4ccccc4c3)c2)nc2ncccn12. The van der Waals surface area contributed by atoms with Crippen molar-refractivity contribution in [3.05, 3.63) is 90.9 Å². The lowest BCUT2D eigenvalue weighted by atomic mass is 10.1. The van der Waals surface area contributed by atoms with E-state index in [4.69, 9.17) is 0 Å². The molecule has 0 fully saturated rings. The van der Waals surface area contributed by atoms with E-state index in [1.807, 2.05) is 66.1 Å². The molecule has 0 amide bonds. The van der Waals surface area contributed by atoms with Crippen molar-refractivity contribution in [2.45, 2.75) is 11.8 Å². The van der Waals surface area contributed by atoms with Crippen LogP contribution in [0.15, 0.2) is 90.1 Å². The molecule has 2 heterocycles. The first kappa shape index (κ1) is 18.3. The van der Waals surface area contributed by atoms with Gasteiger partial charge in [0.05, 0.1) is 10.6 Å². The summed E-state index contributed by atoms with van der Waals surface area (Å²) in [6.45, 7) is 1.96. The fourth-order valence-electron chi connectivity index (χ4n) is 3.55. The fraction of sp³-hybridized carbons (Fsp3) is 0.0435. The summed E-state index contributed by atoms with van der Waals surface area (Å²) in [5, 5.41) is 1.87. The van der Waals surface area contributed by atoms with E-state index in [-0.39, 0.29) is 4.90 Å². The molecule has 1 N–H and O–H groups in total. The number of imidazole rings is 1. The number of aromatic nitrogens is 3. The Labute approximate surface area is 173 Å². The highest BCUT2D eigenvalue weighted by Gasteiger charge is 2.16. The van der Waals surface area contributed by atoms with Crippen molar-refractivity contribution in [2.24, 2.45) is 0 Å². The Morgan fingerprint density at radius 2 is 1.73 bits per heavy atom. The van der Waals surface area contributed by atoms with E-state index in [0.29, 0.717) is 11.5 Å². The van der Waals surface area contributed by atoms with Crippen LogP contribution in [0, 0.1) is 6.92 Å². The summed E-state index contributed by atoms with van der Waals surface area (Å²) < 4.78 is 30.5. The Balaban J connectivity index is 1.51. The molecule has 0 atom stereocenters. The number of benzene rings is 3. The van der Waals surface area contributed by atoms with Crippen LogP contribution in [0.2, 0.25) is 0 Å². The highest BCUT2D eigenvalue weighted by molar-refractivity contribution is 7.92. The standard InChI is InChI=1S/C23H18N4O2S/c1-16-22(25-23-24-12-5-13-27(16)23)19-8-4-9-20(14-19)26-30(28,29)21-11-10-17-6-2-3-7-18(17)15-21/h2-15,26H,1H3. The second-order valence-corrected chi connectivity index (χ2v) is 8.71. The largest absolute Gasteiger partial charge is 0.288 e. The van der Waals surface area contributed by atoms with Crippen LogP contribution in [0.25, 0.3) is 27.8 Å². The number of sulfonamides is 1. The van der Waals surface area contributed by atoms with Crippen LogP contribution in [-0.4, -0.2) is 22.8 Å². The zero-order valence-corrected chi connectivity index (χ0v) is 17.0. The van der Waals surface area contributed by atoms with Gasteiger partial charge in [-0.2, -0.15) is 0 Å². The second kappa shape index (κ2) is 6.96. The Kier molecular flexibility index (Phi) is 4.25. The van der Waals surface area contributed by atoms with Gasteiger partial charge in [0.15, 0.2) is 0 Å². The molecule has 148 valence electrons. The van der Waals surface area contributed by atoms with Crippen LogP contribution in [0.1, 0.15) is 5.69 Å². The maximum Gasteiger partial charge on any atom is 0.261 e. The van der Waals surface area contributed by atoms with Crippen molar-refractivity contribution in [1.82, 2.24) is 14.4 Å². The first-order valence-electron chi connectivity index (χ1n) is 9.43. The quantitative estimate of drug-likeness (QED) is 0.464. The van der Waals surface area contributed by atoms with Crippen molar-refractivity contribution < 1.29 is 8.42 Å². The highest BCUT2D eigenvalue weighted by Crippen LogP contribution is 2.27. The van der Waals surface area contributed by atoms with E-state index in [1.165, 1.54) is 0 Å². The Morgan fingerprint density at radius 1 is 0.900 bits per heavy atom. The molecule has 0 aliphatic carbocycles. The molecule has 0 aliphatic rings. The molecule has 6 nitrogen and oxygen atoms in total. The zero-order chi connectivity index (χ0) is 20.7. The number of rotatable bonds is 4. The van der Waals surface area contributed by atoms with Crippen LogP contribution in [0.5, 0.6) is 0 Å². The molecular formula is C23H18N4O2S. The summed E-state index contributed by atoms with van der Waals surface area (Å²) in [5.41, 5.74) is 3.00. The summed E-state index contributed by atoms with van der Waals surface area (Å²) in [6, 6.07) is 21.9. The predicted molar refractivity (Wildman–Crippen MR) is 118 cm³/mol. The molecule has 0 aliphatic heterocycles. The van der Waals surface area contributed by atoms with E-state index in [2.05, 4.69) is 14.7 Å².